The Morgan fingerprint density at radius 3 is 2.32 bits per heavy atom. The van der Waals surface area contributed by atoms with E-state index in [0.717, 1.165) is 32.0 Å². The quantitative estimate of drug-likeness (QED) is 0.316. The van der Waals surface area contributed by atoms with Crippen molar-refractivity contribution in [3.05, 3.63) is 0 Å². The lowest BCUT2D eigenvalue weighted by Gasteiger charge is -2.31. The molecular formula is C16H30F3IN4O3S. The number of aliphatic imine (C=N–C) groups is 1. The summed E-state index contributed by atoms with van der Waals surface area (Å²) in [7, 11) is -3.53. The maximum absolute atomic E-state index is 12.6. The number of nitrogens with zero attached hydrogens (tertiary/aromatic N) is 3. The minimum absolute atomic E-state index is 0. The zero-order valence-corrected chi connectivity index (χ0v) is 19.4. The standard InChI is InChI=1S/C16H29F3N4O3S.HI/c1-3-20-15(22-7-4-14(11-22)12-26-2)21-10-13-5-8-23(9-6-13)27(24,25)16(17,18)19;/h13-14H,3-12H2,1-2H3,(H,20,21);1H. The van der Waals surface area contributed by atoms with Crippen LogP contribution in [0, 0.1) is 11.8 Å². The first-order valence-corrected chi connectivity index (χ1v) is 10.7. The van der Waals surface area contributed by atoms with Gasteiger partial charge in [0.25, 0.3) is 0 Å². The highest BCUT2D eigenvalue weighted by molar-refractivity contribution is 14.0. The number of sulfonamides is 1. The predicted octanol–water partition coefficient (Wildman–Crippen LogP) is 2.10. The van der Waals surface area contributed by atoms with E-state index >= 15 is 0 Å². The first-order chi connectivity index (χ1) is 12.7. The second-order valence-electron chi connectivity index (χ2n) is 7.04. The van der Waals surface area contributed by atoms with E-state index in [-0.39, 0.29) is 43.0 Å². The third-order valence-electron chi connectivity index (χ3n) is 5.03. The van der Waals surface area contributed by atoms with E-state index in [0.29, 0.717) is 36.2 Å². The van der Waals surface area contributed by atoms with Gasteiger partial charge in [0.2, 0.25) is 0 Å². The molecule has 1 unspecified atom stereocenters. The predicted molar refractivity (Wildman–Crippen MR) is 112 cm³/mol. The van der Waals surface area contributed by atoms with Crippen molar-refractivity contribution >= 4 is 40.0 Å². The molecule has 0 bridgehead atoms. The van der Waals surface area contributed by atoms with E-state index in [9.17, 15) is 21.6 Å². The highest BCUT2D eigenvalue weighted by atomic mass is 127. The summed E-state index contributed by atoms with van der Waals surface area (Å²) in [5.41, 5.74) is -5.23. The van der Waals surface area contributed by atoms with Gasteiger partial charge in [-0.25, -0.2) is 8.42 Å². The van der Waals surface area contributed by atoms with Crippen molar-refractivity contribution in [2.24, 2.45) is 16.8 Å². The molecule has 0 aromatic heterocycles. The van der Waals surface area contributed by atoms with Crippen molar-refractivity contribution in [1.29, 1.82) is 0 Å². The lowest BCUT2D eigenvalue weighted by Crippen LogP contribution is -2.45. The van der Waals surface area contributed by atoms with Crippen LogP contribution in [0.15, 0.2) is 4.99 Å². The minimum Gasteiger partial charge on any atom is -0.384 e. The summed E-state index contributed by atoms with van der Waals surface area (Å²) in [6.07, 6.45) is 1.79. The van der Waals surface area contributed by atoms with E-state index in [4.69, 9.17) is 4.74 Å². The maximum atomic E-state index is 12.6. The van der Waals surface area contributed by atoms with E-state index in [2.05, 4.69) is 15.2 Å². The lowest BCUT2D eigenvalue weighted by molar-refractivity contribution is -0.0496. The summed E-state index contributed by atoms with van der Waals surface area (Å²) >= 11 is 0. The average molecular weight is 542 g/mol. The number of alkyl halides is 3. The lowest BCUT2D eigenvalue weighted by atomic mass is 9.98. The van der Waals surface area contributed by atoms with Gasteiger partial charge in [0, 0.05) is 52.3 Å². The Morgan fingerprint density at radius 1 is 1.18 bits per heavy atom. The third kappa shape index (κ3) is 6.59. The van der Waals surface area contributed by atoms with Gasteiger partial charge in [-0.2, -0.15) is 17.5 Å². The summed E-state index contributed by atoms with van der Waals surface area (Å²) in [6, 6.07) is 0. The number of hydrogen-bond acceptors (Lipinski definition) is 4. The summed E-state index contributed by atoms with van der Waals surface area (Å²) < 4.78 is 66.6. The Kier molecular flexibility index (Phi) is 10.2. The zero-order chi connectivity index (χ0) is 20.1. The Labute approximate surface area is 182 Å². The van der Waals surface area contributed by atoms with Crippen LogP contribution < -0.4 is 5.32 Å². The smallest absolute Gasteiger partial charge is 0.384 e. The molecule has 0 spiro atoms. The van der Waals surface area contributed by atoms with Crippen molar-refractivity contribution in [3.63, 3.8) is 0 Å². The molecule has 0 aromatic carbocycles. The molecule has 0 amide bonds. The van der Waals surface area contributed by atoms with Gasteiger partial charge in [-0.3, -0.25) is 4.99 Å². The number of ether oxygens (including phenoxy) is 1. The Morgan fingerprint density at radius 2 is 1.79 bits per heavy atom. The monoisotopic (exact) mass is 542 g/mol. The van der Waals surface area contributed by atoms with E-state index < -0.39 is 15.5 Å². The topological polar surface area (TPSA) is 74.2 Å². The molecule has 28 heavy (non-hydrogen) atoms. The van der Waals surface area contributed by atoms with Gasteiger partial charge in [0.15, 0.2) is 5.96 Å². The molecule has 0 aliphatic carbocycles. The number of likely N-dealkylation sites (tertiary alicyclic amines) is 1. The largest absolute Gasteiger partial charge is 0.511 e. The van der Waals surface area contributed by atoms with Crippen molar-refractivity contribution in [1.82, 2.24) is 14.5 Å². The van der Waals surface area contributed by atoms with Gasteiger partial charge in [0.1, 0.15) is 0 Å². The van der Waals surface area contributed by atoms with Crippen LogP contribution in [0.4, 0.5) is 13.2 Å². The molecule has 2 saturated heterocycles. The number of rotatable bonds is 6. The molecule has 2 aliphatic heterocycles. The fourth-order valence-electron chi connectivity index (χ4n) is 3.52. The second-order valence-corrected chi connectivity index (χ2v) is 8.97. The highest BCUT2D eigenvalue weighted by Crippen LogP contribution is 2.30. The number of methoxy groups -OCH3 is 1. The average Bonchev–Trinajstić information content (AvgIpc) is 3.07. The number of hydrogen-bond donors (Lipinski definition) is 1. The Hall–Kier alpha value is -0.340. The number of guanidine groups is 1. The fraction of sp³-hybridized carbons (Fsp3) is 0.938. The van der Waals surface area contributed by atoms with Crippen LogP contribution in [0.2, 0.25) is 0 Å². The molecule has 2 fully saturated rings. The molecule has 7 nitrogen and oxygen atoms in total. The van der Waals surface area contributed by atoms with Crippen LogP contribution in [0.3, 0.4) is 0 Å². The van der Waals surface area contributed by atoms with Gasteiger partial charge >= 0.3 is 15.5 Å². The molecule has 0 aromatic rings. The molecule has 2 rings (SSSR count). The maximum Gasteiger partial charge on any atom is 0.511 e. The van der Waals surface area contributed by atoms with Crippen molar-refractivity contribution in [2.45, 2.75) is 31.7 Å². The molecule has 166 valence electrons. The summed E-state index contributed by atoms with van der Waals surface area (Å²) in [4.78, 5) is 6.83. The van der Waals surface area contributed by atoms with Gasteiger partial charge in [-0.1, -0.05) is 0 Å². The van der Waals surface area contributed by atoms with Gasteiger partial charge in [0.05, 0.1) is 6.61 Å². The molecule has 2 heterocycles. The van der Waals surface area contributed by atoms with Crippen molar-refractivity contribution in [2.75, 3.05) is 53.0 Å². The SMILES string of the molecule is CCNC(=NCC1CCN(S(=O)(=O)C(F)(F)F)CC1)N1CCC(COC)C1.I. The van der Waals surface area contributed by atoms with Gasteiger partial charge in [-0.05, 0) is 32.1 Å². The van der Waals surface area contributed by atoms with Crippen LogP contribution in [0.25, 0.3) is 0 Å². The second kappa shape index (κ2) is 11.2. The molecule has 1 N–H and O–H groups in total. The van der Waals surface area contributed by atoms with Crippen molar-refractivity contribution < 1.29 is 26.3 Å². The van der Waals surface area contributed by atoms with Crippen LogP contribution in [-0.4, -0.2) is 82.1 Å². The van der Waals surface area contributed by atoms with Gasteiger partial charge < -0.3 is 15.0 Å². The highest BCUT2D eigenvalue weighted by Gasteiger charge is 2.50. The summed E-state index contributed by atoms with van der Waals surface area (Å²) in [5.74, 6) is 1.35. The molecule has 12 heteroatoms. The van der Waals surface area contributed by atoms with E-state index in [1.54, 1.807) is 7.11 Å². The number of halogens is 4. The van der Waals surface area contributed by atoms with Crippen LogP contribution in [0.5, 0.6) is 0 Å². The number of nitrogens with one attached hydrogen (secondary N) is 1. The van der Waals surface area contributed by atoms with E-state index in [1.807, 2.05) is 6.92 Å². The van der Waals surface area contributed by atoms with Crippen LogP contribution in [-0.2, 0) is 14.8 Å². The normalized spacial score (nSPS) is 23.0. The van der Waals surface area contributed by atoms with Gasteiger partial charge in [-0.15, -0.1) is 24.0 Å². The fourth-order valence-corrected chi connectivity index (χ4v) is 4.50. The summed E-state index contributed by atoms with van der Waals surface area (Å²) in [6.45, 7) is 5.43. The first kappa shape index (κ1) is 25.7. The molecule has 0 saturated carbocycles. The minimum atomic E-state index is -5.23. The Bertz CT molecular complexity index is 611. The molecule has 1 atom stereocenters. The first-order valence-electron chi connectivity index (χ1n) is 9.27. The van der Waals surface area contributed by atoms with Crippen LogP contribution in [0.1, 0.15) is 26.2 Å². The van der Waals surface area contributed by atoms with Crippen LogP contribution >= 0.6 is 24.0 Å². The zero-order valence-electron chi connectivity index (χ0n) is 16.2. The molecule has 0 radical (unpaired) electrons. The number of piperidine rings is 1. The molecular weight excluding hydrogens is 512 g/mol. The molecule has 2 aliphatic rings. The van der Waals surface area contributed by atoms with Crippen molar-refractivity contribution in [3.8, 4) is 0 Å². The Balaban J connectivity index is 0.00000392. The van der Waals surface area contributed by atoms with E-state index in [1.165, 1.54) is 0 Å². The third-order valence-corrected chi connectivity index (χ3v) is 6.66. The summed E-state index contributed by atoms with van der Waals surface area (Å²) in [5, 5.41) is 3.26.